The lowest BCUT2D eigenvalue weighted by Gasteiger charge is -2.11. The van der Waals surface area contributed by atoms with Crippen LogP contribution in [0, 0.1) is 0 Å². The van der Waals surface area contributed by atoms with E-state index >= 15 is 0 Å². The quantitative estimate of drug-likeness (QED) is 0.547. The molecule has 2 aromatic heterocycles. The molecule has 3 heterocycles. The molecule has 6 heteroatoms. The van der Waals surface area contributed by atoms with Crippen molar-refractivity contribution in [2.24, 2.45) is 4.99 Å². The second-order valence-corrected chi connectivity index (χ2v) is 7.69. The van der Waals surface area contributed by atoms with Crippen LogP contribution in [0.1, 0.15) is 21.5 Å². The number of nitrogens with one attached hydrogen (secondary N) is 2. The zero-order valence-corrected chi connectivity index (χ0v) is 15.5. The first-order chi connectivity index (χ1) is 13.7. The smallest absolute Gasteiger partial charge is 0.257 e. The van der Waals surface area contributed by atoms with Crippen molar-refractivity contribution in [1.82, 2.24) is 4.98 Å². The molecule has 1 amide bonds. The summed E-state index contributed by atoms with van der Waals surface area (Å²) in [6.07, 6.45) is 3.27. The molecule has 0 radical (unpaired) electrons. The van der Waals surface area contributed by atoms with Gasteiger partial charge in [0.25, 0.3) is 5.91 Å². The summed E-state index contributed by atoms with van der Waals surface area (Å²) in [4.78, 5) is 31.8. The minimum atomic E-state index is -0.270. The van der Waals surface area contributed by atoms with Gasteiger partial charge in [-0.05, 0) is 46.8 Å². The van der Waals surface area contributed by atoms with E-state index in [1.54, 1.807) is 11.3 Å². The molecule has 5 nitrogen and oxygen atoms in total. The fourth-order valence-corrected chi connectivity index (χ4v) is 4.49. The van der Waals surface area contributed by atoms with E-state index < -0.39 is 0 Å². The normalized spacial score (nSPS) is 12.3. The van der Waals surface area contributed by atoms with Crippen LogP contribution in [-0.4, -0.2) is 17.1 Å². The Balaban J connectivity index is 1.55. The highest BCUT2D eigenvalue weighted by atomic mass is 32.1. The molecule has 0 aliphatic carbocycles. The van der Waals surface area contributed by atoms with E-state index in [1.165, 1.54) is 34.0 Å². The zero-order valence-electron chi connectivity index (χ0n) is 14.7. The van der Waals surface area contributed by atoms with Crippen molar-refractivity contribution in [3.8, 4) is 10.4 Å². The Labute approximate surface area is 164 Å². The van der Waals surface area contributed by atoms with Crippen molar-refractivity contribution in [3.05, 3.63) is 87.8 Å². The number of aliphatic imine (C=N–C) groups is 1. The van der Waals surface area contributed by atoms with Crippen molar-refractivity contribution in [3.63, 3.8) is 0 Å². The molecule has 0 spiro atoms. The predicted octanol–water partition coefficient (Wildman–Crippen LogP) is 4.44. The zero-order chi connectivity index (χ0) is 19.1. The summed E-state index contributed by atoms with van der Waals surface area (Å²) in [5.74, 6) is -0.270. The summed E-state index contributed by atoms with van der Waals surface area (Å²) in [5, 5.41) is 4.14. The largest absolute Gasteiger partial charge is 0.328 e. The van der Waals surface area contributed by atoms with Gasteiger partial charge in [0.2, 0.25) is 5.56 Å². The van der Waals surface area contributed by atoms with Crippen LogP contribution in [0.5, 0.6) is 0 Å². The number of carbonyl (C=O) groups excluding carboxylic acids is 1. The molecule has 2 N–H and O–H groups in total. The van der Waals surface area contributed by atoms with Gasteiger partial charge in [-0.3, -0.25) is 14.6 Å². The van der Waals surface area contributed by atoms with E-state index in [9.17, 15) is 9.59 Å². The van der Waals surface area contributed by atoms with E-state index in [2.05, 4.69) is 33.5 Å². The third-order valence-corrected chi connectivity index (χ3v) is 5.91. The summed E-state index contributed by atoms with van der Waals surface area (Å²) in [6.45, 7) is 0.646. The van der Waals surface area contributed by atoms with Gasteiger partial charge in [0.15, 0.2) is 0 Å². The average molecular weight is 385 g/mol. The molecule has 2 aromatic carbocycles. The van der Waals surface area contributed by atoms with E-state index in [0.29, 0.717) is 17.8 Å². The van der Waals surface area contributed by atoms with Crippen LogP contribution in [0.25, 0.3) is 20.5 Å². The van der Waals surface area contributed by atoms with Crippen molar-refractivity contribution in [2.75, 3.05) is 5.32 Å². The SMILES string of the molecule is O=C(Nc1cc2c(c(-c3cc4ccccc4s3)c1)CN=C2)c1ccc(=O)[nH]c1. The van der Waals surface area contributed by atoms with Gasteiger partial charge < -0.3 is 10.3 Å². The molecule has 28 heavy (non-hydrogen) atoms. The number of carbonyl (C=O) groups is 1. The molecular weight excluding hydrogens is 370 g/mol. The number of fused-ring (bicyclic) bond motifs is 2. The molecule has 0 saturated carbocycles. The minimum Gasteiger partial charge on any atom is -0.328 e. The number of thiophene rings is 1. The first-order valence-corrected chi connectivity index (χ1v) is 9.65. The second-order valence-electron chi connectivity index (χ2n) is 6.61. The molecule has 0 unspecified atom stereocenters. The number of aromatic amines is 1. The minimum absolute atomic E-state index is 0.239. The van der Waals surface area contributed by atoms with Crippen LogP contribution < -0.4 is 10.9 Å². The predicted molar refractivity (Wildman–Crippen MR) is 114 cm³/mol. The standard InChI is InChI=1S/C22H15N3O2S/c26-21-6-5-14(11-24-21)22(27)25-16-7-15-10-23-12-18(15)17(9-16)20-8-13-3-1-2-4-19(13)28-20/h1-11H,12H2,(H,24,26)(H,25,27). The highest BCUT2D eigenvalue weighted by molar-refractivity contribution is 7.22. The lowest BCUT2D eigenvalue weighted by Crippen LogP contribution is -2.14. The Morgan fingerprint density at radius 3 is 2.82 bits per heavy atom. The fourth-order valence-electron chi connectivity index (χ4n) is 3.38. The number of amides is 1. The highest BCUT2D eigenvalue weighted by Crippen LogP contribution is 2.39. The van der Waals surface area contributed by atoms with Crippen molar-refractivity contribution < 1.29 is 4.79 Å². The van der Waals surface area contributed by atoms with Gasteiger partial charge >= 0.3 is 0 Å². The Morgan fingerprint density at radius 2 is 2.00 bits per heavy atom. The molecule has 0 bridgehead atoms. The van der Waals surface area contributed by atoms with Crippen LogP contribution >= 0.6 is 11.3 Å². The Hall–Kier alpha value is -3.51. The number of hydrogen-bond donors (Lipinski definition) is 2. The first-order valence-electron chi connectivity index (χ1n) is 8.83. The van der Waals surface area contributed by atoms with Gasteiger partial charge in [0.05, 0.1) is 12.1 Å². The van der Waals surface area contributed by atoms with Crippen LogP contribution in [-0.2, 0) is 6.54 Å². The maximum atomic E-state index is 12.6. The van der Waals surface area contributed by atoms with Crippen molar-refractivity contribution >= 4 is 39.2 Å². The number of rotatable bonds is 3. The van der Waals surface area contributed by atoms with E-state index in [0.717, 1.165) is 16.0 Å². The lowest BCUT2D eigenvalue weighted by atomic mass is 10.00. The molecule has 0 atom stereocenters. The third kappa shape index (κ3) is 2.93. The summed E-state index contributed by atoms with van der Waals surface area (Å²) in [7, 11) is 0. The van der Waals surface area contributed by atoms with E-state index in [-0.39, 0.29) is 11.5 Å². The monoisotopic (exact) mass is 385 g/mol. The van der Waals surface area contributed by atoms with Gasteiger partial charge in [-0.25, -0.2) is 0 Å². The summed E-state index contributed by atoms with van der Waals surface area (Å²) >= 11 is 1.73. The topological polar surface area (TPSA) is 74.3 Å². The van der Waals surface area contributed by atoms with Gasteiger partial charge in [-0.2, -0.15) is 0 Å². The Bertz CT molecular complexity index is 1260. The Kier molecular flexibility index (Phi) is 3.91. The lowest BCUT2D eigenvalue weighted by molar-refractivity contribution is 0.102. The summed E-state index contributed by atoms with van der Waals surface area (Å²) in [6, 6.07) is 17.3. The van der Waals surface area contributed by atoms with Crippen LogP contribution in [0.2, 0.25) is 0 Å². The van der Waals surface area contributed by atoms with Crippen molar-refractivity contribution in [1.29, 1.82) is 0 Å². The van der Waals surface area contributed by atoms with E-state index in [4.69, 9.17) is 0 Å². The molecule has 1 aliphatic heterocycles. The average Bonchev–Trinajstić information content (AvgIpc) is 3.34. The molecule has 136 valence electrons. The second kappa shape index (κ2) is 6.58. The molecule has 4 aromatic rings. The maximum Gasteiger partial charge on any atom is 0.257 e. The Morgan fingerprint density at radius 1 is 1.11 bits per heavy atom. The molecule has 1 aliphatic rings. The number of benzene rings is 2. The molecule has 5 rings (SSSR count). The molecule has 0 fully saturated rings. The number of H-pyrrole nitrogens is 1. The summed E-state index contributed by atoms with van der Waals surface area (Å²) in [5.41, 5.74) is 4.15. The number of anilines is 1. The number of hydrogen-bond acceptors (Lipinski definition) is 4. The number of aromatic nitrogens is 1. The first kappa shape index (κ1) is 16.6. The van der Waals surface area contributed by atoms with Gasteiger partial charge in [0.1, 0.15) is 0 Å². The van der Waals surface area contributed by atoms with Crippen molar-refractivity contribution in [2.45, 2.75) is 6.54 Å². The van der Waals surface area contributed by atoms with Gasteiger partial charge in [0, 0.05) is 39.3 Å². The maximum absolute atomic E-state index is 12.6. The molecular formula is C22H15N3O2S. The van der Waals surface area contributed by atoms with Crippen LogP contribution in [0.4, 0.5) is 5.69 Å². The van der Waals surface area contributed by atoms with Crippen LogP contribution in [0.15, 0.2) is 70.6 Å². The third-order valence-electron chi connectivity index (χ3n) is 4.76. The van der Waals surface area contributed by atoms with E-state index in [1.807, 2.05) is 30.5 Å². The molecule has 0 saturated heterocycles. The van der Waals surface area contributed by atoms with Gasteiger partial charge in [-0.15, -0.1) is 11.3 Å². The summed E-state index contributed by atoms with van der Waals surface area (Å²) < 4.78 is 1.23. The van der Waals surface area contributed by atoms with Gasteiger partial charge in [-0.1, -0.05) is 18.2 Å². The number of nitrogens with zero attached hydrogens (tertiary/aromatic N) is 1. The van der Waals surface area contributed by atoms with Crippen LogP contribution in [0.3, 0.4) is 0 Å². The number of pyridine rings is 1. The highest BCUT2D eigenvalue weighted by Gasteiger charge is 2.17. The fraction of sp³-hybridized carbons (Fsp3) is 0.0455.